The second-order valence-corrected chi connectivity index (χ2v) is 4.47. The molecule has 0 heterocycles. The van der Waals surface area contributed by atoms with Gasteiger partial charge >= 0.3 is 0 Å². The molecule has 3 heteroatoms. The molecule has 2 nitrogen and oxygen atoms in total. The van der Waals surface area contributed by atoms with Gasteiger partial charge in [0.15, 0.2) is 0 Å². The minimum absolute atomic E-state index is 0.00815. The van der Waals surface area contributed by atoms with Crippen LogP contribution in [-0.2, 0) is 10.8 Å². The number of aliphatic hydroxyl groups is 1. The highest BCUT2D eigenvalue weighted by molar-refractivity contribution is 7.85. The molecule has 1 atom stereocenters. The van der Waals surface area contributed by atoms with Crippen LogP contribution in [0.5, 0.6) is 0 Å². The Morgan fingerprint density at radius 2 is 2.00 bits per heavy atom. The summed E-state index contributed by atoms with van der Waals surface area (Å²) < 4.78 is 11.1. The molecule has 0 aromatic heterocycles. The number of benzene rings is 1. The third-order valence-electron chi connectivity index (χ3n) is 1.71. The van der Waals surface area contributed by atoms with Crippen LogP contribution in [0.2, 0.25) is 0 Å². The number of hydrogen-bond donors (Lipinski definition) is 1. The molecule has 1 aromatic carbocycles. The summed E-state index contributed by atoms with van der Waals surface area (Å²) in [5.41, 5.74) is 1.11. The molecule has 0 aliphatic rings. The topological polar surface area (TPSA) is 37.3 Å². The second kappa shape index (κ2) is 6.51. The maximum atomic E-state index is 11.1. The zero-order valence-electron chi connectivity index (χ0n) is 7.93. The Kier molecular flexibility index (Phi) is 5.19. The van der Waals surface area contributed by atoms with E-state index in [1.165, 1.54) is 0 Å². The molecule has 0 saturated carbocycles. The molecule has 14 heavy (non-hydrogen) atoms. The molecule has 0 saturated heterocycles. The van der Waals surface area contributed by atoms with E-state index in [0.29, 0.717) is 11.5 Å². The van der Waals surface area contributed by atoms with Gasteiger partial charge in [0.05, 0.1) is 6.61 Å². The van der Waals surface area contributed by atoms with Gasteiger partial charge in [-0.2, -0.15) is 0 Å². The van der Waals surface area contributed by atoms with E-state index in [-0.39, 0.29) is 6.61 Å². The normalized spacial score (nSPS) is 13.2. The van der Waals surface area contributed by atoms with Crippen LogP contribution < -0.4 is 0 Å². The maximum Gasteiger partial charge on any atom is 0.0546 e. The van der Waals surface area contributed by atoms with Crippen LogP contribution in [0.25, 0.3) is 6.08 Å². The van der Waals surface area contributed by atoms with E-state index < -0.39 is 10.8 Å². The van der Waals surface area contributed by atoms with Crippen LogP contribution in [0.3, 0.4) is 0 Å². The third-order valence-corrected chi connectivity index (χ3v) is 2.91. The van der Waals surface area contributed by atoms with Gasteiger partial charge in [-0.15, -0.1) is 0 Å². The van der Waals surface area contributed by atoms with Crippen LogP contribution in [0, 0.1) is 0 Å². The molecule has 0 bridgehead atoms. The Hall–Kier alpha value is -0.930. The Labute approximate surface area is 86.7 Å². The highest BCUT2D eigenvalue weighted by Gasteiger charge is 1.93. The van der Waals surface area contributed by atoms with Crippen molar-refractivity contribution < 1.29 is 9.32 Å². The summed E-state index contributed by atoms with van der Waals surface area (Å²) in [6.45, 7) is -0.00815. The van der Waals surface area contributed by atoms with Crippen molar-refractivity contribution in [2.45, 2.75) is 0 Å². The largest absolute Gasteiger partial charge is 0.395 e. The van der Waals surface area contributed by atoms with E-state index in [0.717, 1.165) is 5.56 Å². The summed E-state index contributed by atoms with van der Waals surface area (Å²) in [7, 11) is -0.931. The smallest absolute Gasteiger partial charge is 0.0546 e. The molecule has 1 rings (SSSR count). The standard InChI is InChI=1S/C11H14O2S/c12-8-10-14(13)9-4-7-11-5-2-1-3-6-11/h1-7,12H,8-10H2. The highest BCUT2D eigenvalue weighted by atomic mass is 32.2. The van der Waals surface area contributed by atoms with E-state index in [9.17, 15) is 4.21 Å². The molecule has 0 amide bonds. The predicted octanol–water partition coefficient (Wildman–Crippen LogP) is 1.44. The lowest BCUT2D eigenvalue weighted by atomic mass is 10.2. The average Bonchev–Trinajstić information content (AvgIpc) is 2.20. The van der Waals surface area contributed by atoms with E-state index in [2.05, 4.69) is 0 Å². The van der Waals surface area contributed by atoms with E-state index in [1.807, 2.05) is 42.5 Å². The molecule has 1 N–H and O–H groups in total. The van der Waals surface area contributed by atoms with Crippen molar-refractivity contribution in [3.8, 4) is 0 Å². The Bertz CT molecular complexity index is 306. The van der Waals surface area contributed by atoms with Gasteiger partial charge in [0, 0.05) is 22.3 Å². The van der Waals surface area contributed by atoms with Crippen LogP contribution >= 0.6 is 0 Å². The predicted molar refractivity (Wildman–Crippen MR) is 60.4 cm³/mol. The van der Waals surface area contributed by atoms with Crippen LogP contribution in [0.15, 0.2) is 36.4 Å². The maximum absolute atomic E-state index is 11.1. The van der Waals surface area contributed by atoms with Crippen molar-refractivity contribution in [2.24, 2.45) is 0 Å². The third kappa shape index (κ3) is 4.35. The fraction of sp³-hybridized carbons (Fsp3) is 0.273. The monoisotopic (exact) mass is 210 g/mol. The zero-order valence-corrected chi connectivity index (χ0v) is 8.74. The summed E-state index contributed by atoms with van der Waals surface area (Å²) in [5.74, 6) is 0.870. The molecule has 1 aromatic rings. The molecule has 0 radical (unpaired) electrons. The second-order valence-electron chi connectivity index (χ2n) is 2.85. The van der Waals surface area contributed by atoms with Crippen LogP contribution in [-0.4, -0.2) is 27.4 Å². The molecular formula is C11H14O2S. The Morgan fingerprint density at radius 3 is 2.64 bits per heavy atom. The number of hydrogen-bond acceptors (Lipinski definition) is 2. The lowest BCUT2D eigenvalue weighted by Gasteiger charge is -1.94. The summed E-state index contributed by atoms with van der Waals surface area (Å²) in [5, 5.41) is 8.54. The number of aliphatic hydroxyl groups excluding tert-OH is 1. The van der Waals surface area contributed by atoms with Gasteiger partial charge in [-0.25, -0.2) is 0 Å². The van der Waals surface area contributed by atoms with Crippen molar-refractivity contribution in [1.29, 1.82) is 0 Å². The fourth-order valence-electron chi connectivity index (χ4n) is 1.04. The minimum atomic E-state index is -0.931. The zero-order chi connectivity index (χ0) is 10.2. The van der Waals surface area contributed by atoms with Crippen LogP contribution in [0.4, 0.5) is 0 Å². The van der Waals surface area contributed by atoms with Crippen molar-refractivity contribution in [3.05, 3.63) is 42.0 Å². The molecule has 76 valence electrons. The van der Waals surface area contributed by atoms with Crippen molar-refractivity contribution in [2.75, 3.05) is 18.1 Å². The molecule has 0 aliphatic carbocycles. The summed E-state index contributed by atoms with van der Waals surface area (Å²) in [4.78, 5) is 0. The van der Waals surface area contributed by atoms with E-state index in [1.54, 1.807) is 0 Å². The van der Waals surface area contributed by atoms with Crippen LogP contribution in [0.1, 0.15) is 5.56 Å². The molecule has 0 aliphatic heterocycles. The van der Waals surface area contributed by atoms with Gasteiger partial charge in [-0.1, -0.05) is 42.5 Å². The minimum Gasteiger partial charge on any atom is -0.395 e. The lowest BCUT2D eigenvalue weighted by molar-refractivity contribution is 0.321. The SMILES string of the molecule is O=S(CC=Cc1ccccc1)CCO. The van der Waals surface area contributed by atoms with Gasteiger partial charge in [-0.05, 0) is 5.56 Å². The van der Waals surface area contributed by atoms with Gasteiger partial charge < -0.3 is 5.11 Å². The fourth-order valence-corrected chi connectivity index (χ4v) is 1.72. The first-order chi connectivity index (χ1) is 6.83. The Morgan fingerprint density at radius 1 is 1.29 bits per heavy atom. The van der Waals surface area contributed by atoms with Gasteiger partial charge in [0.1, 0.15) is 0 Å². The molecule has 1 unspecified atom stereocenters. The van der Waals surface area contributed by atoms with Crippen molar-refractivity contribution in [3.63, 3.8) is 0 Å². The van der Waals surface area contributed by atoms with Crippen molar-refractivity contribution in [1.82, 2.24) is 0 Å². The average molecular weight is 210 g/mol. The first-order valence-electron chi connectivity index (χ1n) is 4.50. The van der Waals surface area contributed by atoms with Gasteiger partial charge in [-0.3, -0.25) is 4.21 Å². The molecule has 0 fully saturated rings. The quantitative estimate of drug-likeness (QED) is 0.798. The number of rotatable bonds is 5. The molecule has 0 spiro atoms. The van der Waals surface area contributed by atoms with Crippen molar-refractivity contribution >= 4 is 16.9 Å². The highest BCUT2D eigenvalue weighted by Crippen LogP contribution is 2.00. The van der Waals surface area contributed by atoms with E-state index in [4.69, 9.17) is 5.11 Å². The van der Waals surface area contributed by atoms with Gasteiger partial charge in [0.2, 0.25) is 0 Å². The van der Waals surface area contributed by atoms with Gasteiger partial charge in [0.25, 0.3) is 0 Å². The first-order valence-corrected chi connectivity index (χ1v) is 5.99. The molecular weight excluding hydrogens is 196 g/mol. The summed E-state index contributed by atoms with van der Waals surface area (Å²) in [6.07, 6.45) is 3.82. The first kappa shape index (κ1) is 11.1. The van der Waals surface area contributed by atoms with E-state index >= 15 is 0 Å². The Balaban J connectivity index is 2.38. The summed E-state index contributed by atoms with van der Waals surface area (Å²) in [6, 6.07) is 9.87. The lowest BCUT2D eigenvalue weighted by Crippen LogP contribution is -2.03. The summed E-state index contributed by atoms with van der Waals surface area (Å²) >= 11 is 0.